The summed E-state index contributed by atoms with van der Waals surface area (Å²) in [7, 11) is -6.85. The van der Waals surface area contributed by atoms with Crippen molar-refractivity contribution in [1.29, 1.82) is 0 Å². The first-order chi connectivity index (χ1) is 13.4. The summed E-state index contributed by atoms with van der Waals surface area (Å²) >= 11 is -2.35. The van der Waals surface area contributed by atoms with Crippen molar-refractivity contribution in [3.63, 3.8) is 0 Å². The summed E-state index contributed by atoms with van der Waals surface area (Å²) in [6.45, 7) is 0. The molecule has 0 aliphatic heterocycles. The van der Waals surface area contributed by atoms with E-state index in [1.54, 1.807) is 0 Å². The van der Waals surface area contributed by atoms with E-state index in [2.05, 4.69) is 15.0 Å². The molecule has 0 amide bonds. The van der Waals surface area contributed by atoms with Crippen LogP contribution in [0.4, 0.5) is 11.4 Å². The molecule has 0 bridgehead atoms. The maximum atomic E-state index is 12.2. The third-order valence-corrected chi connectivity index (χ3v) is 5.61. The van der Waals surface area contributed by atoms with Crippen LogP contribution in [0, 0.1) is 0 Å². The Labute approximate surface area is 168 Å². The van der Waals surface area contributed by atoms with Crippen LogP contribution < -0.4 is 13.6 Å². The Morgan fingerprint density at radius 2 is 1.59 bits per heavy atom. The van der Waals surface area contributed by atoms with E-state index in [9.17, 15) is 21.0 Å². The second-order valence-electron chi connectivity index (χ2n) is 5.19. The Morgan fingerprint density at radius 3 is 2.07 bits per heavy atom. The van der Waals surface area contributed by atoms with Gasteiger partial charge in [-0.05, 0) is 18.2 Å². The number of hydrogen-bond acceptors (Lipinski definition) is 9. The van der Waals surface area contributed by atoms with E-state index < -0.39 is 47.0 Å². The summed E-state index contributed by atoms with van der Waals surface area (Å²) in [5.41, 5.74) is 0.669. The van der Waals surface area contributed by atoms with Gasteiger partial charge >= 0.3 is 11.3 Å². The highest BCUT2D eigenvalue weighted by Crippen LogP contribution is 2.30. The van der Waals surface area contributed by atoms with Crippen LogP contribution in [-0.2, 0) is 31.5 Å². The predicted octanol–water partition coefficient (Wildman–Crippen LogP) is 1.97. The number of nitrogens with one attached hydrogen (secondary N) is 1. The lowest BCUT2D eigenvalue weighted by Crippen LogP contribution is -2.13. The fourth-order valence-electron chi connectivity index (χ4n) is 2.03. The minimum atomic E-state index is -4.84. The number of ether oxygens (including phenoxy) is 1. The van der Waals surface area contributed by atoms with Crippen molar-refractivity contribution >= 4 is 42.9 Å². The molecule has 0 saturated carbocycles. The van der Waals surface area contributed by atoms with Crippen LogP contribution in [0.15, 0.2) is 56.4 Å². The van der Waals surface area contributed by atoms with Crippen LogP contribution in [0.5, 0.6) is 11.5 Å². The van der Waals surface area contributed by atoms with Gasteiger partial charge in [0.25, 0.3) is 20.2 Å². The smallest absolute Gasteiger partial charge is 0.316 e. The van der Waals surface area contributed by atoms with Crippen molar-refractivity contribution in [3.05, 3.63) is 36.4 Å². The van der Waals surface area contributed by atoms with E-state index in [0.29, 0.717) is 11.8 Å². The average molecular weight is 465 g/mol. The minimum Gasteiger partial charge on any atom is -0.494 e. The highest BCUT2D eigenvalue weighted by molar-refractivity contribution is 7.86. The van der Waals surface area contributed by atoms with E-state index >= 15 is 0 Å². The molecule has 0 aliphatic rings. The summed E-state index contributed by atoms with van der Waals surface area (Å²) in [6.07, 6.45) is 0. The van der Waals surface area contributed by atoms with E-state index in [0.717, 1.165) is 12.1 Å². The zero-order valence-corrected chi connectivity index (χ0v) is 17.3. The molecule has 0 aromatic heterocycles. The van der Waals surface area contributed by atoms with E-state index in [1.807, 2.05) is 0 Å². The lowest BCUT2D eigenvalue weighted by atomic mass is 10.2. The summed E-state index contributed by atoms with van der Waals surface area (Å²) in [5.74, 6) is -0.286. The summed E-state index contributed by atoms with van der Waals surface area (Å²) < 4.78 is 88.3. The molecule has 3 N–H and O–H groups in total. The topological polar surface area (TPSA) is 181 Å². The molecule has 0 aliphatic carbocycles. The van der Waals surface area contributed by atoms with Crippen molar-refractivity contribution in [1.82, 2.24) is 0 Å². The van der Waals surface area contributed by atoms with Gasteiger partial charge in [0, 0.05) is 25.2 Å². The predicted molar refractivity (Wildman–Crippen MR) is 102 cm³/mol. The van der Waals surface area contributed by atoms with Gasteiger partial charge in [-0.25, -0.2) is 0 Å². The minimum absolute atomic E-state index is 0.210. The first kappa shape index (κ1) is 22.7. The third-order valence-electron chi connectivity index (χ3n) is 3.22. The Balaban J connectivity index is 2.34. The second-order valence-corrected chi connectivity index (χ2v) is 8.88. The Morgan fingerprint density at radius 1 is 1.00 bits per heavy atom. The number of rotatable bonds is 8. The van der Waals surface area contributed by atoms with Crippen molar-refractivity contribution < 1.29 is 39.1 Å². The number of hydrogen-bond donors (Lipinski definition) is 3. The molecular weight excluding hydrogens is 450 g/mol. The maximum absolute atomic E-state index is 12.2. The number of azo groups is 1. The van der Waals surface area contributed by atoms with E-state index in [4.69, 9.17) is 18.0 Å². The van der Waals surface area contributed by atoms with Crippen molar-refractivity contribution in [2.45, 2.75) is 9.79 Å². The third kappa shape index (κ3) is 6.20. The lowest BCUT2D eigenvalue weighted by Gasteiger charge is -2.12. The standard InChI is InChI=1S/C14H15N3O9S3/c1-15-16-9-3-4-13(14(5-9)25-2)17-27(18)26-10-6-11(28(19,20)21)8-12(7-10)29(22,23)24/h3-8,17H,1-2H3,(H,19,20,21)(H,22,23,24). The van der Waals surface area contributed by atoms with Crippen LogP contribution in [0.25, 0.3) is 0 Å². The van der Waals surface area contributed by atoms with Crippen LogP contribution in [0.3, 0.4) is 0 Å². The van der Waals surface area contributed by atoms with Crippen LogP contribution >= 0.6 is 0 Å². The summed E-state index contributed by atoms with van der Waals surface area (Å²) in [5, 5.41) is 7.43. The molecule has 1 unspecified atom stereocenters. The van der Waals surface area contributed by atoms with Gasteiger partial charge in [-0.3, -0.25) is 13.8 Å². The van der Waals surface area contributed by atoms with E-state index in [-0.39, 0.29) is 11.4 Å². The molecule has 15 heteroatoms. The molecule has 0 fully saturated rings. The highest BCUT2D eigenvalue weighted by Gasteiger charge is 2.20. The molecule has 2 rings (SSSR count). The second kappa shape index (κ2) is 8.83. The summed E-state index contributed by atoms with van der Waals surface area (Å²) in [4.78, 5) is -1.77. The Kier molecular flexibility index (Phi) is 6.91. The zero-order chi connectivity index (χ0) is 21.8. The number of benzene rings is 2. The average Bonchev–Trinajstić information content (AvgIpc) is 2.61. The molecular formula is C14H15N3O9S3. The van der Waals surface area contributed by atoms with Gasteiger partial charge in [0.2, 0.25) is 0 Å². The van der Waals surface area contributed by atoms with Gasteiger partial charge in [0.05, 0.1) is 28.3 Å². The van der Waals surface area contributed by atoms with Crippen LogP contribution in [0.2, 0.25) is 0 Å². The van der Waals surface area contributed by atoms with Gasteiger partial charge in [-0.2, -0.15) is 31.3 Å². The summed E-state index contributed by atoms with van der Waals surface area (Å²) in [6, 6.07) is 6.45. The van der Waals surface area contributed by atoms with Gasteiger partial charge < -0.3 is 8.92 Å². The SMILES string of the molecule is CN=Nc1ccc(NS(=O)Oc2cc(S(=O)(=O)O)cc(S(=O)(=O)O)c2)c(OC)c1. The fraction of sp³-hybridized carbons (Fsp3) is 0.143. The molecule has 29 heavy (non-hydrogen) atoms. The highest BCUT2D eigenvalue weighted by atomic mass is 32.2. The molecule has 2 aromatic rings. The molecule has 12 nitrogen and oxygen atoms in total. The molecule has 2 aromatic carbocycles. The largest absolute Gasteiger partial charge is 0.494 e. The normalized spacial score (nSPS) is 13.2. The number of nitrogens with zero attached hydrogens (tertiary/aromatic N) is 2. The van der Waals surface area contributed by atoms with E-state index in [1.165, 1.54) is 32.4 Å². The van der Waals surface area contributed by atoms with Crippen molar-refractivity contribution in [2.75, 3.05) is 18.9 Å². The van der Waals surface area contributed by atoms with Crippen LogP contribution in [0.1, 0.15) is 0 Å². The van der Waals surface area contributed by atoms with Gasteiger partial charge in [0.1, 0.15) is 11.5 Å². The molecule has 0 saturated heterocycles. The lowest BCUT2D eigenvalue weighted by molar-refractivity contribution is 0.417. The first-order valence-corrected chi connectivity index (χ1v) is 11.3. The van der Waals surface area contributed by atoms with Crippen molar-refractivity contribution in [2.24, 2.45) is 10.2 Å². The molecule has 1 atom stereocenters. The van der Waals surface area contributed by atoms with Crippen LogP contribution in [-0.4, -0.2) is 44.3 Å². The molecule has 0 spiro atoms. The number of methoxy groups -OCH3 is 1. The fourth-order valence-corrected chi connectivity index (χ4v) is 3.85. The molecule has 0 heterocycles. The van der Waals surface area contributed by atoms with Gasteiger partial charge in [-0.15, -0.1) is 0 Å². The van der Waals surface area contributed by atoms with Gasteiger partial charge in [-0.1, -0.05) is 0 Å². The Hall–Kier alpha value is -2.59. The molecule has 0 radical (unpaired) electrons. The van der Waals surface area contributed by atoms with Crippen molar-refractivity contribution in [3.8, 4) is 11.5 Å². The maximum Gasteiger partial charge on any atom is 0.316 e. The first-order valence-electron chi connectivity index (χ1n) is 7.38. The Bertz CT molecular complexity index is 1130. The molecule has 158 valence electrons. The quantitative estimate of drug-likeness (QED) is 0.388. The zero-order valence-electron chi connectivity index (χ0n) is 14.8. The monoisotopic (exact) mass is 465 g/mol. The number of anilines is 1. The van der Waals surface area contributed by atoms with Gasteiger partial charge in [0.15, 0.2) is 0 Å².